The second-order valence-corrected chi connectivity index (χ2v) is 4.82. The smallest absolute Gasteiger partial charge is 0.140 e. The number of anilines is 1. The molecule has 2 heterocycles. The minimum Gasteiger partial charge on any atom is -0.308 e. The third-order valence-electron chi connectivity index (χ3n) is 3.66. The summed E-state index contributed by atoms with van der Waals surface area (Å²) in [6, 6.07) is 4.08. The first kappa shape index (κ1) is 12.3. The molecule has 0 atom stereocenters. The Labute approximate surface area is 103 Å². The molecule has 1 aromatic heterocycles. The fraction of sp³-hybridized carbons (Fsp3) is 0.615. The Hall–Kier alpha value is -1.13. The van der Waals surface area contributed by atoms with E-state index in [2.05, 4.69) is 28.3 Å². The van der Waals surface area contributed by atoms with E-state index in [1.165, 1.54) is 37.9 Å². The Morgan fingerprint density at radius 3 is 2.88 bits per heavy atom. The molecule has 1 fully saturated rings. The summed E-state index contributed by atoms with van der Waals surface area (Å²) in [5.41, 5.74) is 3.87. The van der Waals surface area contributed by atoms with E-state index in [-0.39, 0.29) is 0 Å². The van der Waals surface area contributed by atoms with Crippen LogP contribution < -0.4 is 11.3 Å². The lowest BCUT2D eigenvalue weighted by atomic mass is 9.94. The normalized spacial score (nSPS) is 18.2. The molecule has 0 amide bonds. The molecule has 94 valence electrons. The Kier molecular flexibility index (Phi) is 4.34. The summed E-state index contributed by atoms with van der Waals surface area (Å²) in [6.07, 6.45) is 5.81. The van der Waals surface area contributed by atoms with Crippen molar-refractivity contribution in [1.29, 1.82) is 0 Å². The van der Waals surface area contributed by atoms with Crippen LogP contribution in [0.1, 0.15) is 31.7 Å². The Balaban J connectivity index is 1.88. The molecular formula is C13H22N4. The summed E-state index contributed by atoms with van der Waals surface area (Å²) in [6.45, 7) is 5.73. The zero-order valence-corrected chi connectivity index (χ0v) is 10.5. The molecule has 1 aliphatic rings. The van der Waals surface area contributed by atoms with E-state index in [1.54, 1.807) is 0 Å². The molecule has 0 radical (unpaired) electrons. The van der Waals surface area contributed by atoms with Crippen LogP contribution in [0.3, 0.4) is 0 Å². The Morgan fingerprint density at radius 2 is 2.24 bits per heavy atom. The van der Waals surface area contributed by atoms with Gasteiger partial charge in [-0.15, -0.1) is 0 Å². The first-order valence-electron chi connectivity index (χ1n) is 6.45. The van der Waals surface area contributed by atoms with Gasteiger partial charge in [0.1, 0.15) is 5.82 Å². The largest absolute Gasteiger partial charge is 0.308 e. The summed E-state index contributed by atoms with van der Waals surface area (Å²) in [4.78, 5) is 6.64. The first-order chi connectivity index (χ1) is 8.31. The molecule has 1 aromatic rings. The molecule has 0 spiro atoms. The van der Waals surface area contributed by atoms with E-state index in [4.69, 9.17) is 5.84 Å². The fourth-order valence-electron chi connectivity index (χ4n) is 2.46. The van der Waals surface area contributed by atoms with Crippen molar-refractivity contribution in [3.05, 3.63) is 23.9 Å². The maximum absolute atomic E-state index is 5.36. The predicted molar refractivity (Wildman–Crippen MR) is 70.3 cm³/mol. The Morgan fingerprint density at radius 1 is 1.47 bits per heavy atom. The van der Waals surface area contributed by atoms with Crippen LogP contribution in [0, 0.1) is 5.92 Å². The highest BCUT2D eigenvalue weighted by Gasteiger charge is 2.17. The van der Waals surface area contributed by atoms with Crippen LogP contribution in [-0.4, -0.2) is 23.0 Å². The molecule has 0 bridgehead atoms. The lowest BCUT2D eigenvalue weighted by molar-refractivity contribution is 0.175. The standard InChI is InChI=1S/C13H22N4/c1-2-11-4-7-17(8-5-11)10-12-3-6-15-13(9-12)16-14/h3,6,9,11H,2,4-5,7-8,10,14H2,1H3,(H,15,16). The molecule has 0 aliphatic carbocycles. The van der Waals surface area contributed by atoms with Gasteiger partial charge in [0.15, 0.2) is 0 Å². The molecule has 0 aromatic carbocycles. The average molecular weight is 234 g/mol. The minimum atomic E-state index is 0.742. The van der Waals surface area contributed by atoms with Gasteiger partial charge in [0, 0.05) is 12.7 Å². The van der Waals surface area contributed by atoms with Crippen molar-refractivity contribution in [2.24, 2.45) is 11.8 Å². The van der Waals surface area contributed by atoms with Crippen molar-refractivity contribution in [1.82, 2.24) is 9.88 Å². The summed E-state index contributed by atoms with van der Waals surface area (Å²) in [5.74, 6) is 7.04. The highest BCUT2D eigenvalue weighted by atomic mass is 15.2. The maximum Gasteiger partial charge on any atom is 0.140 e. The van der Waals surface area contributed by atoms with E-state index in [9.17, 15) is 0 Å². The van der Waals surface area contributed by atoms with Gasteiger partial charge in [-0.1, -0.05) is 13.3 Å². The number of hydrazine groups is 1. The number of nitrogens with one attached hydrogen (secondary N) is 1. The van der Waals surface area contributed by atoms with Crippen molar-refractivity contribution in [2.45, 2.75) is 32.7 Å². The zero-order valence-electron chi connectivity index (χ0n) is 10.5. The number of nitrogens with two attached hydrogens (primary N) is 1. The van der Waals surface area contributed by atoms with Gasteiger partial charge < -0.3 is 5.43 Å². The molecule has 1 aliphatic heterocycles. The van der Waals surface area contributed by atoms with Crippen LogP contribution in [-0.2, 0) is 6.54 Å². The molecule has 0 unspecified atom stereocenters. The van der Waals surface area contributed by atoms with E-state index in [1.807, 2.05) is 12.3 Å². The molecular weight excluding hydrogens is 212 g/mol. The second kappa shape index (κ2) is 5.98. The van der Waals surface area contributed by atoms with Crippen LogP contribution in [0.5, 0.6) is 0 Å². The van der Waals surface area contributed by atoms with Crippen LogP contribution in [0.25, 0.3) is 0 Å². The molecule has 4 nitrogen and oxygen atoms in total. The highest BCUT2D eigenvalue weighted by molar-refractivity contribution is 5.35. The SMILES string of the molecule is CCC1CCN(Cc2ccnc(NN)c2)CC1. The van der Waals surface area contributed by atoms with Gasteiger partial charge >= 0.3 is 0 Å². The van der Waals surface area contributed by atoms with E-state index in [0.29, 0.717) is 0 Å². The summed E-state index contributed by atoms with van der Waals surface area (Å²) in [7, 11) is 0. The van der Waals surface area contributed by atoms with Gasteiger partial charge in [-0.05, 0) is 49.5 Å². The lowest BCUT2D eigenvalue weighted by Gasteiger charge is -2.31. The first-order valence-corrected chi connectivity index (χ1v) is 6.45. The molecule has 3 N–H and O–H groups in total. The minimum absolute atomic E-state index is 0.742. The highest BCUT2D eigenvalue weighted by Crippen LogP contribution is 2.21. The van der Waals surface area contributed by atoms with Gasteiger partial charge in [-0.25, -0.2) is 10.8 Å². The van der Waals surface area contributed by atoms with Gasteiger partial charge in [-0.3, -0.25) is 4.90 Å². The number of aromatic nitrogens is 1. The monoisotopic (exact) mass is 234 g/mol. The van der Waals surface area contributed by atoms with Crippen molar-refractivity contribution in [3.63, 3.8) is 0 Å². The number of piperidine rings is 1. The second-order valence-electron chi connectivity index (χ2n) is 4.82. The van der Waals surface area contributed by atoms with E-state index < -0.39 is 0 Å². The number of pyridine rings is 1. The van der Waals surface area contributed by atoms with Gasteiger partial charge in [0.25, 0.3) is 0 Å². The molecule has 17 heavy (non-hydrogen) atoms. The molecule has 1 saturated heterocycles. The van der Waals surface area contributed by atoms with Gasteiger partial charge in [-0.2, -0.15) is 0 Å². The molecule has 0 saturated carbocycles. The third-order valence-corrected chi connectivity index (χ3v) is 3.66. The van der Waals surface area contributed by atoms with Crippen molar-refractivity contribution in [3.8, 4) is 0 Å². The Bertz CT molecular complexity index is 345. The summed E-state index contributed by atoms with van der Waals surface area (Å²) in [5, 5.41) is 0. The number of nitrogens with zero attached hydrogens (tertiary/aromatic N) is 2. The van der Waals surface area contributed by atoms with Crippen molar-refractivity contribution >= 4 is 5.82 Å². The predicted octanol–water partition coefficient (Wildman–Crippen LogP) is 1.99. The maximum atomic E-state index is 5.36. The van der Waals surface area contributed by atoms with Gasteiger partial charge in [0.2, 0.25) is 0 Å². The van der Waals surface area contributed by atoms with Crippen LogP contribution in [0.2, 0.25) is 0 Å². The zero-order chi connectivity index (χ0) is 12.1. The van der Waals surface area contributed by atoms with Crippen LogP contribution in [0.15, 0.2) is 18.3 Å². The fourth-order valence-corrected chi connectivity index (χ4v) is 2.46. The molecule has 4 heteroatoms. The quantitative estimate of drug-likeness (QED) is 0.618. The number of hydrogen-bond acceptors (Lipinski definition) is 4. The van der Waals surface area contributed by atoms with E-state index >= 15 is 0 Å². The number of likely N-dealkylation sites (tertiary alicyclic amines) is 1. The van der Waals surface area contributed by atoms with Gasteiger partial charge in [0.05, 0.1) is 0 Å². The molecule has 2 rings (SSSR count). The topological polar surface area (TPSA) is 54.2 Å². The van der Waals surface area contributed by atoms with Crippen molar-refractivity contribution in [2.75, 3.05) is 18.5 Å². The van der Waals surface area contributed by atoms with E-state index in [0.717, 1.165) is 18.3 Å². The number of hydrogen-bond donors (Lipinski definition) is 2. The number of rotatable bonds is 4. The van der Waals surface area contributed by atoms with Crippen LogP contribution in [0.4, 0.5) is 5.82 Å². The van der Waals surface area contributed by atoms with Crippen LogP contribution >= 0.6 is 0 Å². The number of nitrogen functional groups attached to an aromatic ring is 1. The average Bonchev–Trinajstić information content (AvgIpc) is 2.40. The van der Waals surface area contributed by atoms with Crippen molar-refractivity contribution < 1.29 is 0 Å². The summed E-state index contributed by atoms with van der Waals surface area (Å²) < 4.78 is 0. The third kappa shape index (κ3) is 3.41. The lowest BCUT2D eigenvalue weighted by Crippen LogP contribution is -2.33. The summed E-state index contributed by atoms with van der Waals surface area (Å²) >= 11 is 0.